The van der Waals surface area contributed by atoms with Crippen LogP contribution in [0.4, 0.5) is 17.6 Å². The lowest BCUT2D eigenvalue weighted by Gasteiger charge is -2.30. The van der Waals surface area contributed by atoms with Crippen molar-refractivity contribution in [2.24, 2.45) is 0 Å². The summed E-state index contributed by atoms with van der Waals surface area (Å²) in [5.74, 6) is 0.654. The van der Waals surface area contributed by atoms with Crippen molar-refractivity contribution in [3.8, 4) is 0 Å². The van der Waals surface area contributed by atoms with Crippen molar-refractivity contribution in [1.82, 2.24) is 9.99 Å². The quantitative estimate of drug-likeness (QED) is 0.732. The molecule has 0 aliphatic carbocycles. The molecule has 0 unspecified atom stereocenters. The van der Waals surface area contributed by atoms with Gasteiger partial charge in [-0.05, 0) is 37.6 Å². The van der Waals surface area contributed by atoms with Gasteiger partial charge in [0.15, 0.2) is 18.1 Å². The average molecular weight is 348 g/mol. The molecule has 0 atom stereocenters. The molecule has 0 amide bonds. The molecular formula is C20H22N5O+. The molecule has 0 saturated carbocycles. The van der Waals surface area contributed by atoms with Gasteiger partial charge in [-0.25, -0.2) is 9.58 Å². The lowest BCUT2D eigenvalue weighted by atomic mass is 10.2. The van der Waals surface area contributed by atoms with Crippen molar-refractivity contribution in [3.05, 3.63) is 66.1 Å². The van der Waals surface area contributed by atoms with E-state index in [1.54, 1.807) is 0 Å². The Kier molecular flexibility index (Phi) is 4.08. The number of nitrogens with two attached hydrogens (primary N) is 1. The number of anilines is 3. The molecule has 0 bridgehead atoms. The number of aryl methyl sites for hydroxylation is 1. The summed E-state index contributed by atoms with van der Waals surface area (Å²) in [5.41, 5.74) is 9.70. The molecule has 2 aromatic heterocycles. The van der Waals surface area contributed by atoms with Crippen molar-refractivity contribution in [3.63, 3.8) is 0 Å². The summed E-state index contributed by atoms with van der Waals surface area (Å²) in [6.45, 7) is 5.95. The summed E-state index contributed by atoms with van der Waals surface area (Å²) in [5, 5.41) is 4.18. The third-order valence-electron chi connectivity index (χ3n) is 4.47. The number of nitrogens with zero attached hydrogens (tertiary/aromatic N) is 4. The number of nitrogen functional groups attached to an aromatic ring is 1. The van der Waals surface area contributed by atoms with E-state index in [1.165, 1.54) is 0 Å². The lowest BCUT2D eigenvalue weighted by Crippen LogP contribution is -2.33. The molecule has 4 rings (SSSR count). The van der Waals surface area contributed by atoms with E-state index < -0.39 is 0 Å². The number of hydrazine groups is 1. The third kappa shape index (κ3) is 2.69. The van der Waals surface area contributed by atoms with Gasteiger partial charge in [0.05, 0.1) is 11.4 Å². The van der Waals surface area contributed by atoms with Gasteiger partial charge in [0, 0.05) is 18.7 Å². The van der Waals surface area contributed by atoms with E-state index in [4.69, 9.17) is 10.2 Å². The zero-order valence-electron chi connectivity index (χ0n) is 15.0. The van der Waals surface area contributed by atoms with Crippen molar-refractivity contribution in [1.29, 1.82) is 0 Å². The summed E-state index contributed by atoms with van der Waals surface area (Å²) in [4.78, 5) is 4.43. The number of para-hydroxylation sites is 1. The van der Waals surface area contributed by atoms with Crippen LogP contribution in [-0.2, 0) is 6.54 Å². The Morgan fingerprint density at radius 2 is 1.85 bits per heavy atom. The number of rotatable bonds is 4. The monoisotopic (exact) mass is 348 g/mol. The molecule has 3 heterocycles. The molecule has 1 aliphatic heterocycles. The maximum atomic E-state index is 5.86. The first-order valence-corrected chi connectivity index (χ1v) is 8.81. The minimum Gasteiger partial charge on any atom is -0.404 e. The molecule has 132 valence electrons. The van der Waals surface area contributed by atoms with Gasteiger partial charge in [-0.3, -0.25) is 5.01 Å². The lowest BCUT2D eigenvalue weighted by molar-refractivity contribution is -0.693. The second-order valence-electron chi connectivity index (χ2n) is 6.06. The maximum Gasteiger partial charge on any atom is 0.294 e. The van der Waals surface area contributed by atoms with E-state index in [2.05, 4.69) is 59.0 Å². The molecule has 1 aliphatic rings. The Morgan fingerprint density at radius 1 is 1.12 bits per heavy atom. The molecule has 26 heavy (non-hydrogen) atoms. The highest BCUT2D eigenvalue weighted by Crippen LogP contribution is 2.45. The molecular weight excluding hydrogens is 326 g/mol. The van der Waals surface area contributed by atoms with Crippen LogP contribution in [0.25, 0.3) is 11.8 Å². The summed E-state index contributed by atoms with van der Waals surface area (Å²) in [6, 6.07) is 14.5. The zero-order valence-corrected chi connectivity index (χ0v) is 15.0. The maximum absolute atomic E-state index is 5.86. The second-order valence-corrected chi connectivity index (χ2v) is 6.06. The van der Waals surface area contributed by atoms with E-state index in [1.807, 2.05) is 35.3 Å². The first kappa shape index (κ1) is 16.2. The fourth-order valence-electron chi connectivity index (χ4n) is 3.19. The van der Waals surface area contributed by atoms with E-state index in [9.17, 15) is 0 Å². The van der Waals surface area contributed by atoms with E-state index in [0.717, 1.165) is 35.7 Å². The minimum atomic E-state index is 0.175. The summed E-state index contributed by atoms with van der Waals surface area (Å²) < 4.78 is 7.86. The molecule has 0 spiro atoms. The topological polar surface area (TPSA) is 62.4 Å². The van der Waals surface area contributed by atoms with Crippen LogP contribution in [0.15, 0.2) is 59.3 Å². The largest absolute Gasteiger partial charge is 0.404 e. The normalized spacial score (nSPS) is 14.9. The van der Waals surface area contributed by atoms with Crippen LogP contribution in [0.2, 0.25) is 0 Å². The first-order valence-electron chi connectivity index (χ1n) is 8.81. The van der Waals surface area contributed by atoms with E-state index >= 15 is 0 Å². The van der Waals surface area contributed by atoms with Gasteiger partial charge >= 0.3 is 0 Å². The summed E-state index contributed by atoms with van der Waals surface area (Å²) in [7, 11) is 0. The predicted molar refractivity (Wildman–Crippen MR) is 102 cm³/mol. The van der Waals surface area contributed by atoms with Gasteiger partial charge < -0.3 is 10.2 Å². The van der Waals surface area contributed by atoms with Crippen LogP contribution in [0.1, 0.15) is 25.1 Å². The SMILES string of the molecule is CCN1/C(=C\c2cc[n+](CC)cc2)c2nc(N)oc2N1c1ccccc1. The average Bonchev–Trinajstić information content (AvgIpc) is 3.18. The Bertz CT molecular complexity index is 931. The third-order valence-corrected chi connectivity index (χ3v) is 4.47. The molecule has 0 fully saturated rings. The highest BCUT2D eigenvalue weighted by molar-refractivity contribution is 5.90. The van der Waals surface area contributed by atoms with Crippen LogP contribution in [-0.4, -0.2) is 16.5 Å². The van der Waals surface area contributed by atoms with Gasteiger partial charge in [0.2, 0.25) is 0 Å². The molecule has 6 heteroatoms. The van der Waals surface area contributed by atoms with Crippen molar-refractivity contribution < 1.29 is 8.98 Å². The fraction of sp³-hybridized carbons (Fsp3) is 0.200. The number of pyridine rings is 1. The van der Waals surface area contributed by atoms with Crippen LogP contribution in [0.3, 0.4) is 0 Å². The fourth-order valence-corrected chi connectivity index (χ4v) is 3.19. The summed E-state index contributed by atoms with van der Waals surface area (Å²) in [6.07, 6.45) is 6.27. The molecule has 3 aromatic rings. The van der Waals surface area contributed by atoms with Crippen molar-refractivity contribution in [2.45, 2.75) is 20.4 Å². The number of oxazole rings is 1. The first-order chi connectivity index (χ1) is 12.7. The number of benzene rings is 1. The van der Waals surface area contributed by atoms with Crippen molar-refractivity contribution in [2.75, 3.05) is 17.3 Å². The van der Waals surface area contributed by atoms with Gasteiger partial charge in [-0.1, -0.05) is 18.2 Å². The van der Waals surface area contributed by atoms with Gasteiger partial charge in [-0.2, -0.15) is 4.98 Å². The number of fused-ring (bicyclic) bond motifs is 1. The Morgan fingerprint density at radius 3 is 2.50 bits per heavy atom. The smallest absolute Gasteiger partial charge is 0.294 e. The number of hydrogen-bond donors (Lipinski definition) is 1. The number of hydrogen-bond acceptors (Lipinski definition) is 5. The Hall–Kier alpha value is -3.28. The van der Waals surface area contributed by atoms with Gasteiger partial charge in [0.1, 0.15) is 6.54 Å². The van der Waals surface area contributed by atoms with Gasteiger partial charge in [0.25, 0.3) is 11.9 Å². The van der Waals surface area contributed by atoms with Crippen LogP contribution in [0.5, 0.6) is 0 Å². The minimum absolute atomic E-state index is 0.175. The van der Waals surface area contributed by atoms with Crippen LogP contribution in [0, 0.1) is 0 Å². The summed E-state index contributed by atoms with van der Waals surface area (Å²) >= 11 is 0. The van der Waals surface area contributed by atoms with Crippen molar-refractivity contribution >= 4 is 29.4 Å². The van der Waals surface area contributed by atoms with E-state index in [-0.39, 0.29) is 6.01 Å². The predicted octanol–water partition coefficient (Wildman–Crippen LogP) is 3.45. The molecule has 2 N–H and O–H groups in total. The van der Waals surface area contributed by atoms with Crippen LogP contribution >= 0.6 is 0 Å². The molecule has 0 saturated heterocycles. The van der Waals surface area contributed by atoms with Crippen LogP contribution < -0.4 is 15.3 Å². The standard InChI is InChI=1S/C20H22N5O/c1-3-23-12-10-15(11-13-23)14-17-18-19(26-20(21)22-18)25(24(17)4-2)16-8-6-5-7-9-16/h5-14H,3-4H2,1-2H3,(H2,21,22)/q+1. The molecule has 1 aromatic carbocycles. The van der Waals surface area contributed by atoms with Gasteiger partial charge in [-0.15, -0.1) is 0 Å². The Balaban J connectivity index is 1.82. The zero-order chi connectivity index (χ0) is 18.1. The highest BCUT2D eigenvalue weighted by Gasteiger charge is 2.37. The van der Waals surface area contributed by atoms with E-state index in [0.29, 0.717) is 5.88 Å². The molecule has 0 radical (unpaired) electrons. The number of aromatic nitrogens is 2. The molecule has 6 nitrogen and oxygen atoms in total. The highest BCUT2D eigenvalue weighted by atomic mass is 16.4. The second kappa shape index (κ2) is 6.55. The Labute approximate surface area is 152 Å².